The third kappa shape index (κ3) is 4.28. The van der Waals surface area contributed by atoms with Gasteiger partial charge in [-0.1, -0.05) is 32.9 Å². The van der Waals surface area contributed by atoms with Crippen LogP contribution in [0.5, 0.6) is 0 Å². The molecule has 0 fully saturated rings. The number of hydrogen-bond acceptors (Lipinski definition) is 6. The summed E-state index contributed by atoms with van der Waals surface area (Å²) in [4.78, 5) is 23.7. The molecule has 1 heterocycles. The van der Waals surface area contributed by atoms with E-state index < -0.39 is 11.4 Å². The van der Waals surface area contributed by atoms with Crippen LogP contribution in [0.4, 0.5) is 17.3 Å². The van der Waals surface area contributed by atoms with E-state index in [2.05, 4.69) is 20.8 Å². The van der Waals surface area contributed by atoms with Crippen LogP contribution in [0, 0.1) is 5.41 Å². The number of methoxy groups -OCH3 is 1. The number of nitrogens with one attached hydrogen (secondary N) is 2. The van der Waals surface area contributed by atoms with E-state index >= 15 is 0 Å². The van der Waals surface area contributed by atoms with Crippen molar-refractivity contribution in [3.8, 4) is 0 Å². The highest BCUT2D eigenvalue weighted by Gasteiger charge is 2.21. The molecule has 2 N–H and O–H groups in total. The minimum Gasteiger partial charge on any atom is -0.465 e. The molecule has 0 saturated carbocycles. The van der Waals surface area contributed by atoms with Gasteiger partial charge in [0, 0.05) is 5.41 Å². The Morgan fingerprint density at radius 2 is 1.62 bits per heavy atom. The lowest BCUT2D eigenvalue weighted by molar-refractivity contribution is -0.123. The molecule has 2 aromatic rings. The monoisotopic (exact) mass is 328 g/mol. The van der Waals surface area contributed by atoms with Crippen molar-refractivity contribution >= 4 is 29.2 Å². The Bertz CT molecular complexity index is 736. The van der Waals surface area contributed by atoms with Crippen LogP contribution in [0.15, 0.2) is 36.4 Å². The fraction of sp³-hybridized carbons (Fsp3) is 0.294. The van der Waals surface area contributed by atoms with E-state index in [0.29, 0.717) is 22.9 Å². The van der Waals surface area contributed by atoms with Gasteiger partial charge in [0.25, 0.3) is 0 Å². The molecule has 0 unspecified atom stereocenters. The van der Waals surface area contributed by atoms with Crippen molar-refractivity contribution < 1.29 is 14.3 Å². The zero-order valence-corrected chi connectivity index (χ0v) is 14.1. The minimum atomic E-state index is -0.516. The first-order valence-electron chi connectivity index (χ1n) is 7.41. The van der Waals surface area contributed by atoms with Gasteiger partial charge in [-0.15, -0.1) is 10.2 Å². The Balaban J connectivity index is 2.13. The Morgan fingerprint density at radius 3 is 2.21 bits per heavy atom. The zero-order valence-electron chi connectivity index (χ0n) is 14.1. The van der Waals surface area contributed by atoms with Crippen LogP contribution in [0.3, 0.4) is 0 Å². The Kier molecular flexibility index (Phi) is 5.13. The molecule has 0 bridgehead atoms. The highest BCUT2D eigenvalue weighted by Crippen LogP contribution is 2.21. The van der Waals surface area contributed by atoms with Gasteiger partial charge in [0.15, 0.2) is 11.6 Å². The number of hydrogen-bond donors (Lipinski definition) is 2. The maximum absolute atomic E-state index is 11.9. The number of benzene rings is 1. The third-order valence-corrected chi connectivity index (χ3v) is 3.18. The third-order valence-electron chi connectivity index (χ3n) is 3.18. The molecule has 7 heteroatoms. The van der Waals surface area contributed by atoms with Gasteiger partial charge in [-0.3, -0.25) is 4.79 Å². The number of para-hydroxylation sites is 1. The number of carbonyl (C=O) groups is 2. The summed E-state index contributed by atoms with van der Waals surface area (Å²) in [6.07, 6.45) is 0. The van der Waals surface area contributed by atoms with Crippen molar-refractivity contribution in [2.24, 2.45) is 5.41 Å². The van der Waals surface area contributed by atoms with E-state index in [-0.39, 0.29) is 5.91 Å². The molecule has 0 saturated heterocycles. The molecule has 0 radical (unpaired) electrons. The molecule has 1 aromatic carbocycles. The standard InChI is InChI=1S/C17H20N4O3/c1-17(2,3)16(23)19-14-10-9-13(20-21-14)18-12-8-6-5-7-11(12)15(22)24-4/h5-10H,1-4H3,(H,18,20)(H,19,21,23). The first-order valence-corrected chi connectivity index (χ1v) is 7.41. The number of rotatable bonds is 4. The molecule has 7 nitrogen and oxygen atoms in total. The molecular weight excluding hydrogens is 308 g/mol. The van der Waals surface area contributed by atoms with Gasteiger partial charge in [-0.2, -0.15) is 0 Å². The van der Waals surface area contributed by atoms with E-state index in [1.807, 2.05) is 20.8 Å². The summed E-state index contributed by atoms with van der Waals surface area (Å²) in [5.74, 6) is 0.218. The molecule has 126 valence electrons. The van der Waals surface area contributed by atoms with Crippen molar-refractivity contribution in [1.29, 1.82) is 0 Å². The second kappa shape index (κ2) is 7.08. The molecule has 0 aliphatic heterocycles. The van der Waals surface area contributed by atoms with Gasteiger partial charge < -0.3 is 15.4 Å². The van der Waals surface area contributed by atoms with Crippen molar-refractivity contribution in [3.63, 3.8) is 0 Å². The number of amides is 1. The lowest BCUT2D eigenvalue weighted by atomic mass is 9.96. The molecule has 1 amide bonds. The highest BCUT2D eigenvalue weighted by molar-refractivity contribution is 5.96. The molecule has 2 rings (SSSR count). The number of nitrogens with zero attached hydrogens (tertiary/aromatic N) is 2. The second-order valence-electron chi connectivity index (χ2n) is 6.17. The number of carbonyl (C=O) groups excluding carboxylic acids is 2. The fourth-order valence-corrected chi connectivity index (χ4v) is 1.79. The molecular formula is C17H20N4O3. The predicted molar refractivity (Wildman–Crippen MR) is 91.2 cm³/mol. The second-order valence-corrected chi connectivity index (χ2v) is 6.17. The van der Waals surface area contributed by atoms with Crippen molar-refractivity contribution in [1.82, 2.24) is 10.2 Å². The van der Waals surface area contributed by atoms with Gasteiger partial charge in [-0.05, 0) is 24.3 Å². The summed E-state index contributed by atoms with van der Waals surface area (Å²) >= 11 is 0. The summed E-state index contributed by atoms with van der Waals surface area (Å²) in [6, 6.07) is 10.2. The van der Waals surface area contributed by atoms with Gasteiger partial charge in [0.2, 0.25) is 5.91 Å². The van der Waals surface area contributed by atoms with E-state index in [1.165, 1.54) is 7.11 Å². The minimum absolute atomic E-state index is 0.145. The van der Waals surface area contributed by atoms with Crippen molar-refractivity contribution in [3.05, 3.63) is 42.0 Å². The topological polar surface area (TPSA) is 93.2 Å². The van der Waals surface area contributed by atoms with E-state index in [9.17, 15) is 9.59 Å². The van der Waals surface area contributed by atoms with Crippen LogP contribution in [0.1, 0.15) is 31.1 Å². The Morgan fingerprint density at radius 1 is 1.00 bits per heavy atom. The molecule has 1 aromatic heterocycles. The molecule has 0 spiro atoms. The largest absolute Gasteiger partial charge is 0.465 e. The summed E-state index contributed by atoms with van der Waals surface area (Å²) in [5.41, 5.74) is 0.440. The summed E-state index contributed by atoms with van der Waals surface area (Å²) in [7, 11) is 1.33. The number of anilines is 3. The number of ether oxygens (including phenoxy) is 1. The van der Waals surface area contributed by atoms with Crippen LogP contribution >= 0.6 is 0 Å². The lowest BCUT2D eigenvalue weighted by Crippen LogP contribution is -2.28. The Hall–Kier alpha value is -2.96. The maximum Gasteiger partial charge on any atom is 0.339 e. The van der Waals surface area contributed by atoms with E-state index in [1.54, 1.807) is 36.4 Å². The van der Waals surface area contributed by atoms with E-state index in [0.717, 1.165) is 0 Å². The van der Waals surface area contributed by atoms with Crippen molar-refractivity contribution in [2.75, 3.05) is 17.7 Å². The van der Waals surface area contributed by atoms with Crippen molar-refractivity contribution in [2.45, 2.75) is 20.8 Å². The first kappa shape index (κ1) is 17.4. The summed E-state index contributed by atoms with van der Waals surface area (Å²) in [6.45, 7) is 5.44. The Labute approximate surface area is 140 Å². The highest BCUT2D eigenvalue weighted by atomic mass is 16.5. The predicted octanol–water partition coefficient (Wildman–Crippen LogP) is 2.99. The van der Waals surface area contributed by atoms with Gasteiger partial charge in [0.05, 0.1) is 18.4 Å². The smallest absolute Gasteiger partial charge is 0.339 e. The number of aromatic nitrogens is 2. The quantitative estimate of drug-likeness (QED) is 0.838. The zero-order chi connectivity index (χ0) is 17.7. The first-order chi connectivity index (χ1) is 11.3. The fourth-order valence-electron chi connectivity index (χ4n) is 1.79. The van der Waals surface area contributed by atoms with Crippen LogP contribution in [-0.2, 0) is 9.53 Å². The van der Waals surface area contributed by atoms with Crippen LogP contribution < -0.4 is 10.6 Å². The normalized spacial score (nSPS) is 10.8. The van der Waals surface area contributed by atoms with Crippen LogP contribution in [0.25, 0.3) is 0 Å². The SMILES string of the molecule is COC(=O)c1ccccc1Nc1ccc(NC(=O)C(C)(C)C)nn1. The van der Waals surface area contributed by atoms with E-state index in [4.69, 9.17) is 4.74 Å². The van der Waals surface area contributed by atoms with Gasteiger partial charge in [0.1, 0.15) is 0 Å². The molecule has 24 heavy (non-hydrogen) atoms. The van der Waals surface area contributed by atoms with Crippen LogP contribution in [0.2, 0.25) is 0 Å². The average molecular weight is 328 g/mol. The summed E-state index contributed by atoms with van der Waals surface area (Å²) < 4.78 is 4.75. The molecule has 0 atom stereocenters. The average Bonchev–Trinajstić information content (AvgIpc) is 2.55. The maximum atomic E-state index is 11.9. The molecule has 0 aliphatic rings. The van der Waals surface area contributed by atoms with Gasteiger partial charge in [-0.25, -0.2) is 4.79 Å². The van der Waals surface area contributed by atoms with Crippen LogP contribution in [-0.4, -0.2) is 29.2 Å². The lowest BCUT2D eigenvalue weighted by Gasteiger charge is -2.17. The number of esters is 1. The summed E-state index contributed by atoms with van der Waals surface area (Å²) in [5, 5.41) is 13.7. The molecule has 0 aliphatic carbocycles. The van der Waals surface area contributed by atoms with Gasteiger partial charge >= 0.3 is 5.97 Å².